The van der Waals surface area contributed by atoms with Gasteiger partial charge in [-0.15, -0.1) is 11.3 Å². The number of hydrogen-bond donors (Lipinski definition) is 0. The fourth-order valence-corrected chi connectivity index (χ4v) is 5.00. The number of hydrogen-bond acceptors (Lipinski definition) is 6. The summed E-state index contributed by atoms with van der Waals surface area (Å²) in [7, 11) is -3.41. The van der Waals surface area contributed by atoms with Crippen LogP contribution in [0.1, 0.15) is 50.2 Å². The Morgan fingerprint density at radius 2 is 2.04 bits per heavy atom. The fraction of sp³-hybridized carbons (Fsp3) is 0.556. The molecule has 1 aliphatic rings. The van der Waals surface area contributed by atoms with E-state index in [0.717, 1.165) is 37.3 Å². The minimum Gasteiger partial charge on any atom is -0.370 e. The normalized spacial score (nSPS) is 19.2. The molecule has 0 amide bonds. The lowest BCUT2D eigenvalue weighted by Crippen LogP contribution is -2.34. The summed E-state index contributed by atoms with van der Waals surface area (Å²) in [5.41, 5.74) is 2.06. The molecule has 0 radical (unpaired) electrons. The number of sulfone groups is 1. The first-order valence-electron chi connectivity index (χ1n) is 8.56. The van der Waals surface area contributed by atoms with Gasteiger partial charge in [0.25, 0.3) is 0 Å². The first-order chi connectivity index (χ1) is 11.7. The van der Waals surface area contributed by atoms with Crippen molar-refractivity contribution in [3.05, 3.63) is 34.4 Å². The van der Waals surface area contributed by atoms with Gasteiger partial charge in [-0.25, -0.2) is 18.4 Å². The van der Waals surface area contributed by atoms with E-state index in [9.17, 15) is 8.42 Å². The van der Waals surface area contributed by atoms with Crippen molar-refractivity contribution >= 4 is 26.9 Å². The highest BCUT2D eigenvalue weighted by Gasteiger charge is 2.32. The second kappa shape index (κ2) is 6.68. The Morgan fingerprint density at radius 1 is 1.28 bits per heavy atom. The molecule has 3 rings (SSSR count). The van der Waals surface area contributed by atoms with Crippen LogP contribution in [0.5, 0.6) is 0 Å². The zero-order valence-corrected chi connectivity index (χ0v) is 16.8. The van der Waals surface area contributed by atoms with Gasteiger partial charge in [0.15, 0.2) is 14.9 Å². The van der Waals surface area contributed by atoms with E-state index in [1.165, 1.54) is 5.01 Å². The summed E-state index contributed by atoms with van der Waals surface area (Å²) in [6, 6.07) is 3.51. The third kappa shape index (κ3) is 3.72. The minimum atomic E-state index is -3.41. The first kappa shape index (κ1) is 18.3. The number of aromatic nitrogens is 2. The van der Waals surface area contributed by atoms with Crippen LogP contribution in [0.15, 0.2) is 28.7 Å². The van der Waals surface area contributed by atoms with Crippen LogP contribution in [0.25, 0.3) is 0 Å². The van der Waals surface area contributed by atoms with Crippen LogP contribution in [-0.4, -0.2) is 36.2 Å². The standard InChI is InChI=1S/C18H25N3O2S2/c1-13-12-24-17(20-13)14-6-5-9-21(11-14)15-7-8-16(19-10-15)25(22,23)18(2,3)4/h7-8,10,12,14H,5-6,9,11H2,1-4H3. The molecule has 2 aromatic rings. The summed E-state index contributed by atoms with van der Waals surface area (Å²) in [5.74, 6) is 0.436. The minimum absolute atomic E-state index is 0.146. The maximum absolute atomic E-state index is 12.5. The van der Waals surface area contributed by atoms with Gasteiger partial charge in [0.2, 0.25) is 0 Å². The molecule has 0 bridgehead atoms. The molecule has 1 saturated heterocycles. The summed E-state index contributed by atoms with van der Waals surface area (Å²) in [6.45, 7) is 8.99. The van der Waals surface area contributed by atoms with Crippen molar-refractivity contribution < 1.29 is 8.42 Å². The van der Waals surface area contributed by atoms with Crippen LogP contribution in [0, 0.1) is 6.92 Å². The molecule has 1 unspecified atom stereocenters. The van der Waals surface area contributed by atoms with E-state index >= 15 is 0 Å². The van der Waals surface area contributed by atoms with E-state index in [1.54, 1.807) is 44.4 Å². The summed E-state index contributed by atoms with van der Waals surface area (Å²) in [5, 5.41) is 3.44. The Kier molecular flexibility index (Phi) is 4.90. The summed E-state index contributed by atoms with van der Waals surface area (Å²) < 4.78 is 24.1. The van der Waals surface area contributed by atoms with Crippen molar-refractivity contribution in [3.63, 3.8) is 0 Å². The fourth-order valence-electron chi connectivity index (χ4n) is 3.01. The maximum Gasteiger partial charge on any atom is 0.200 e. The van der Waals surface area contributed by atoms with Crippen molar-refractivity contribution in [2.45, 2.75) is 56.2 Å². The molecular formula is C18H25N3O2S2. The summed E-state index contributed by atoms with van der Waals surface area (Å²) in [4.78, 5) is 11.2. The second-order valence-electron chi connectivity index (χ2n) is 7.58. The quantitative estimate of drug-likeness (QED) is 0.811. The lowest BCUT2D eigenvalue weighted by Gasteiger charge is -2.33. The van der Waals surface area contributed by atoms with Crippen molar-refractivity contribution in [3.8, 4) is 0 Å². The van der Waals surface area contributed by atoms with Gasteiger partial charge < -0.3 is 4.90 Å². The molecule has 0 aliphatic carbocycles. The first-order valence-corrected chi connectivity index (χ1v) is 10.9. The molecular weight excluding hydrogens is 354 g/mol. The number of aryl methyl sites for hydroxylation is 1. The zero-order chi connectivity index (χ0) is 18.2. The molecule has 0 saturated carbocycles. The number of nitrogens with zero attached hydrogens (tertiary/aromatic N) is 3. The highest BCUT2D eigenvalue weighted by atomic mass is 32.2. The third-order valence-corrected chi connectivity index (χ3v) is 8.10. The molecule has 1 aliphatic heterocycles. The number of rotatable bonds is 3. The van der Waals surface area contributed by atoms with E-state index in [-0.39, 0.29) is 5.03 Å². The van der Waals surface area contributed by atoms with E-state index in [4.69, 9.17) is 0 Å². The van der Waals surface area contributed by atoms with Gasteiger partial charge in [0.1, 0.15) is 0 Å². The lowest BCUT2D eigenvalue weighted by molar-refractivity contribution is 0.507. The van der Waals surface area contributed by atoms with E-state index < -0.39 is 14.6 Å². The summed E-state index contributed by atoms with van der Waals surface area (Å²) >= 11 is 1.73. The van der Waals surface area contributed by atoms with E-state index in [2.05, 4.69) is 20.2 Å². The Hall–Kier alpha value is -1.47. The monoisotopic (exact) mass is 379 g/mol. The molecule has 25 heavy (non-hydrogen) atoms. The van der Waals surface area contributed by atoms with Crippen LogP contribution < -0.4 is 4.90 Å². The van der Waals surface area contributed by atoms with E-state index in [1.807, 2.05) is 13.0 Å². The van der Waals surface area contributed by atoms with Crippen LogP contribution in [0.3, 0.4) is 0 Å². The molecule has 1 atom stereocenters. The molecule has 3 heterocycles. The predicted molar refractivity (Wildman–Crippen MR) is 102 cm³/mol. The van der Waals surface area contributed by atoms with Crippen LogP contribution >= 0.6 is 11.3 Å². The maximum atomic E-state index is 12.5. The number of anilines is 1. The van der Waals surface area contributed by atoms with Crippen LogP contribution in [-0.2, 0) is 9.84 Å². The average Bonchev–Trinajstić information content (AvgIpc) is 3.01. The van der Waals surface area contributed by atoms with Gasteiger partial charge >= 0.3 is 0 Å². The number of thiazole rings is 1. The van der Waals surface area contributed by atoms with Gasteiger partial charge in [-0.3, -0.25) is 0 Å². The van der Waals surface area contributed by atoms with Crippen LogP contribution in [0.4, 0.5) is 5.69 Å². The molecule has 0 N–H and O–H groups in total. The smallest absolute Gasteiger partial charge is 0.200 e. The average molecular weight is 380 g/mol. The molecule has 136 valence electrons. The molecule has 2 aromatic heterocycles. The Balaban J connectivity index is 1.78. The topological polar surface area (TPSA) is 63.2 Å². The predicted octanol–water partition coefficient (Wildman–Crippen LogP) is 3.80. The molecule has 0 aromatic carbocycles. The highest BCUT2D eigenvalue weighted by molar-refractivity contribution is 7.92. The van der Waals surface area contributed by atoms with Gasteiger partial charge in [-0.1, -0.05) is 0 Å². The largest absolute Gasteiger partial charge is 0.370 e. The van der Waals surface area contributed by atoms with Crippen molar-refractivity contribution in [2.75, 3.05) is 18.0 Å². The third-order valence-electron chi connectivity index (χ3n) is 4.57. The lowest BCUT2D eigenvalue weighted by atomic mass is 9.98. The number of piperidine rings is 1. The van der Waals surface area contributed by atoms with Crippen molar-refractivity contribution in [1.82, 2.24) is 9.97 Å². The number of pyridine rings is 1. The molecule has 1 fully saturated rings. The van der Waals surface area contributed by atoms with Gasteiger partial charge in [-0.05, 0) is 52.7 Å². The SMILES string of the molecule is Cc1csc(C2CCCN(c3ccc(S(=O)(=O)C(C)(C)C)nc3)C2)n1. The van der Waals surface area contributed by atoms with E-state index in [0.29, 0.717) is 5.92 Å². The molecule has 7 heteroatoms. The molecule has 5 nitrogen and oxygen atoms in total. The van der Waals surface area contributed by atoms with Gasteiger partial charge in [0.05, 0.1) is 21.6 Å². The molecule has 0 spiro atoms. The van der Waals surface area contributed by atoms with Gasteiger partial charge in [-0.2, -0.15) is 0 Å². The second-order valence-corrected chi connectivity index (χ2v) is 11.1. The van der Waals surface area contributed by atoms with Gasteiger partial charge in [0, 0.05) is 30.1 Å². The van der Waals surface area contributed by atoms with Crippen molar-refractivity contribution in [1.29, 1.82) is 0 Å². The Labute approximate surface area is 154 Å². The zero-order valence-electron chi connectivity index (χ0n) is 15.2. The Bertz CT molecular complexity index is 836. The summed E-state index contributed by atoms with van der Waals surface area (Å²) in [6.07, 6.45) is 3.94. The van der Waals surface area contributed by atoms with Crippen molar-refractivity contribution in [2.24, 2.45) is 0 Å². The Morgan fingerprint density at radius 3 is 2.60 bits per heavy atom. The van der Waals surface area contributed by atoms with Crippen LogP contribution in [0.2, 0.25) is 0 Å². The highest BCUT2D eigenvalue weighted by Crippen LogP contribution is 2.32.